The first kappa shape index (κ1) is 13.3. The summed E-state index contributed by atoms with van der Waals surface area (Å²) in [4.78, 5) is 0. The topological polar surface area (TPSA) is 20.2 Å². The number of benzene rings is 2. The van der Waals surface area contributed by atoms with E-state index >= 15 is 0 Å². The molecule has 1 nitrogen and oxygen atoms in total. The monoisotopic (exact) mass is 304 g/mol. The fourth-order valence-corrected chi connectivity index (χ4v) is 2.53. The summed E-state index contributed by atoms with van der Waals surface area (Å²) in [6.45, 7) is 2.12. The van der Waals surface area contributed by atoms with Gasteiger partial charge in [0, 0.05) is 10.9 Å². The zero-order valence-electron chi connectivity index (χ0n) is 10.4. The van der Waals surface area contributed by atoms with E-state index in [1.54, 1.807) is 0 Å². The fraction of sp³-hybridized carbons (Fsp3) is 0.250. The molecule has 0 saturated carbocycles. The summed E-state index contributed by atoms with van der Waals surface area (Å²) >= 11 is 3.51. The average molecular weight is 305 g/mol. The van der Waals surface area contributed by atoms with Crippen molar-refractivity contribution in [3.8, 4) is 0 Å². The summed E-state index contributed by atoms with van der Waals surface area (Å²) in [6.07, 6.45) is 1.17. The minimum absolute atomic E-state index is 0.465. The van der Waals surface area contributed by atoms with Gasteiger partial charge in [0.1, 0.15) is 0 Å². The molecular formula is C16H17BrO. The molecule has 2 heteroatoms. The van der Waals surface area contributed by atoms with Crippen LogP contribution >= 0.6 is 15.9 Å². The lowest BCUT2D eigenvalue weighted by Crippen LogP contribution is -2.03. The van der Waals surface area contributed by atoms with Gasteiger partial charge >= 0.3 is 0 Å². The molecule has 0 radical (unpaired) electrons. The first-order chi connectivity index (χ1) is 8.70. The molecule has 18 heavy (non-hydrogen) atoms. The molecule has 0 fully saturated rings. The third-order valence-electron chi connectivity index (χ3n) is 3.10. The van der Waals surface area contributed by atoms with Gasteiger partial charge in [0.05, 0.1) is 6.10 Å². The lowest BCUT2D eigenvalue weighted by molar-refractivity contribution is 0.177. The quantitative estimate of drug-likeness (QED) is 0.893. The third kappa shape index (κ3) is 3.21. The lowest BCUT2D eigenvalue weighted by Gasteiger charge is -2.14. The van der Waals surface area contributed by atoms with Crippen LogP contribution in [0.25, 0.3) is 0 Å². The number of rotatable bonds is 4. The van der Waals surface area contributed by atoms with E-state index in [-0.39, 0.29) is 0 Å². The van der Waals surface area contributed by atoms with Crippen LogP contribution < -0.4 is 0 Å². The maximum absolute atomic E-state index is 10.3. The predicted octanol–water partition coefficient (Wildman–Crippen LogP) is 4.29. The zero-order chi connectivity index (χ0) is 13.0. The molecule has 0 amide bonds. The van der Waals surface area contributed by atoms with Crippen molar-refractivity contribution in [1.29, 1.82) is 0 Å². The van der Waals surface area contributed by atoms with Gasteiger partial charge in [-0.2, -0.15) is 0 Å². The minimum atomic E-state index is -0.465. The van der Waals surface area contributed by atoms with E-state index in [2.05, 4.69) is 35.0 Å². The number of hydrogen-bond acceptors (Lipinski definition) is 1. The second-order valence-electron chi connectivity index (χ2n) is 4.41. The van der Waals surface area contributed by atoms with Crippen molar-refractivity contribution in [2.24, 2.45) is 0 Å². The highest BCUT2D eigenvalue weighted by Crippen LogP contribution is 2.27. The molecule has 0 aliphatic carbocycles. The maximum atomic E-state index is 10.3. The molecule has 0 spiro atoms. The van der Waals surface area contributed by atoms with E-state index in [1.165, 1.54) is 5.56 Å². The molecule has 0 saturated heterocycles. The highest BCUT2D eigenvalue weighted by atomic mass is 79.9. The molecule has 0 aliphatic heterocycles. The van der Waals surface area contributed by atoms with E-state index in [4.69, 9.17) is 0 Å². The maximum Gasteiger partial charge on any atom is 0.0841 e. The van der Waals surface area contributed by atoms with Crippen molar-refractivity contribution in [3.05, 3.63) is 69.7 Å². The second-order valence-corrected chi connectivity index (χ2v) is 5.27. The molecule has 0 bridgehead atoms. The minimum Gasteiger partial charge on any atom is -0.388 e. The van der Waals surface area contributed by atoms with Crippen LogP contribution in [0.1, 0.15) is 29.7 Å². The van der Waals surface area contributed by atoms with Gasteiger partial charge in [-0.3, -0.25) is 0 Å². The number of hydrogen-bond donors (Lipinski definition) is 1. The summed E-state index contributed by atoms with van der Waals surface area (Å²) in [5, 5.41) is 10.3. The van der Waals surface area contributed by atoms with Crippen LogP contribution in [-0.4, -0.2) is 5.11 Å². The number of halogens is 1. The standard InChI is InChI=1S/C16H17BrO/c1-2-12-8-9-15(17)14(10-12)16(18)11-13-6-4-3-5-7-13/h3-10,16,18H,2,11H2,1H3. The van der Waals surface area contributed by atoms with Crippen LogP contribution in [0.15, 0.2) is 53.0 Å². The third-order valence-corrected chi connectivity index (χ3v) is 3.82. The van der Waals surface area contributed by atoms with Crippen LogP contribution in [0.5, 0.6) is 0 Å². The predicted molar refractivity (Wildman–Crippen MR) is 78.6 cm³/mol. The van der Waals surface area contributed by atoms with Crippen LogP contribution in [0.3, 0.4) is 0 Å². The molecule has 0 aromatic heterocycles. The Morgan fingerprint density at radius 2 is 1.78 bits per heavy atom. The van der Waals surface area contributed by atoms with E-state index in [0.717, 1.165) is 22.0 Å². The molecule has 2 aromatic rings. The summed E-state index contributed by atoms with van der Waals surface area (Å²) in [5.74, 6) is 0. The van der Waals surface area contributed by atoms with Gasteiger partial charge < -0.3 is 5.11 Å². The van der Waals surface area contributed by atoms with E-state index in [9.17, 15) is 5.11 Å². The Kier molecular flexibility index (Phi) is 4.56. The Morgan fingerprint density at radius 3 is 2.44 bits per heavy atom. The SMILES string of the molecule is CCc1ccc(Br)c(C(O)Cc2ccccc2)c1. The van der Waals surface area contributed by atoms with Crippen molar-refractivity contribution in [1.82, 2.24) is 0 Å². The number of aliphatic hydroxyl groups excluding tert-OH is 1. The second kappa shape index (κ2) is 6.17. The zero-order valence-corrected chi connectivity index (χ0v) is 12.0. The smallest absolute Gasteiger partial charge is 0.0841 e. The molecule has 0 heterocycles. The van der Waals surface area contributed by atoms with Gasteiger partial charge in [-0.05, 0) is 29.2 Å². The Bertz CT molecular complexity index is 508. The van der Waals surface area contributed by atoms with Crippen LogP contribution in [0, 0.1) is 0 Å². The van der Waals surface area contributed by atoms with Crippen molar-refractivity contribution >= 4 is 15.9 Å². The summed E-state index contributed by atoms with van der Waals surface area (Å²) in [5.41, 5.74) is 3.37. The van der Waals surface area contributed by atoms with E-state index < -0.39 is 6.10 Å². The summed E-state index contributed by atoms with van der Waals surface area (Å²) in [6, 6.07) is 16.3. The van der Waals surface area contributed by atoms with Gasteiger partial charge in [0.25, 0.3) is 0 Å². The normalized spacial score (nSPS) is 12.4. The fourth-order valence-electron chi connectivity index (χ4n) is 2.02. The van der Waals surface area contributed by atoms with Crippen LogP contribution in [-0.2, 0) is 12.8 Å². The van der Waals surface area contributed by atoms with Crippen molar-refractivity contribution in [2.75, 3.05) is 0 Å². The van der Waals surface area contributed by atoms with Gasteiger partial charge in [0.2, 0.25) is 0 Å². The molecule has 1 unspecified atom stereocenters. The Labute approximate surface area is 117 Å². The van der Waals surface area contributed by atoms with E-state index in [1.807, 2.05) is 36.4 Å². The molecule has 0 aliphatic rings. The molecule has 1 atom stereocenters. The highest BCUT2D eigenvalue weighted by Gasteiger charge is 2.12. The molecule has 2 rings (SSSR count). The summed E-state index contributed by atoms with van der Waals surface area (Å²) < 4.78 is 0.975. The average Bonchev–Trinajstić information content (AvgIpc) is 2.40. The summed E-state index contributed by atoms with van der Waals surface area (Å²) in [7, 11) is 0. The van der Waals surface area contributed by atoms with Gasteiger partial charge in [-0.25, -0.2) is 0 Å². The molecule has 2 aromatic carbocycles. The Hall–Kier alpha value is -1.12. The van der Waals surface area contributed by atoms with Gasteiger partial charge in [0.15, 0.2) is 0 Å². The Morgan fingerprint density at radius 1 is 1.06 bits per heavy atom. The highest BCUT2D eigenvalue weighted by molar-refractivity contribution is 9.10. The van der Waals surface area contributed by atoms with Crippen molar-refractivity contribution in [3.63, 3.8) is 0 Å². The van der Waals surface area contributed by atoms with Crippen molar-refractivity contribution in [2.45, 2.75) is 25.9 Å². The van der Waals surface area contributed by atoms with E-state index in [0.29, 0.717) is 6.42 Å². The van der Waals surface area contributed by atoms with Crippen LogP contribution in [0.2, 0.25) is 0 Å². The lowest BCUT2D eigenvalue weighted by atomic mass is 9.99. The van der Waals surface area contributed by atoms with Gasteiger partial charge in [-0.15, -0.1) is 0 Å². The van der Waals surface area contributed by atoms with Crippen LogP contribution in [0.4, 0.5) is 0 Å². The first-order valence-corrected chi connectivity index (χ1v) is 7.00. The Balaban J connectivity index is 2.20. The largest absolute Gasteiger partial charge is 0.388 e. The molecule has 1 N–H and O–H groups in total. The number of aryl methyl sites for hydroxylation is 1. The first-order valence-electron chi connectivity index (χ1n) is 6.21. The number of aliphatic hydroxyl groups is 1. The molecular weight excluding hydrogens is 288 g/mol. The molecule has 94 valence electrons. The van der Waals surface area contributed by atoms with Crippen molar-refractivity contribution < 1.29 is 5.11 Å². The van der Waals surface area contributed by atoms with Gasteiger partial charge in [-0.1, -0.05) is 65.3 Å².